The number of benzene rings is 2. The molecule has 0 bridgehead atoms. The second kappa shape index (κ2) is 10.1. The highest BCUT2D eigenvalue weighted by atomic mass is 16.5. The van der Waals surface area contributed by atoms with Gasteiger partial charge >= 0.3 is 0 Å². The summed E-state index contributed by atoms with van der Waals surface area (Å²) >= 11 is 0. The Morgan fingerprint density at radius 3 is 2.28 bits per heavy atom. The fraction of sp³-hybridized carbons (Fsp3) is 0.263. The Balaban J connectivity index is 1.76. The Bertz CT molecular complexity index is 672. The van der Waals surface area contributed by atoms with Crippen LogP contribution in [0.1, 0.15) is 12.8 Å². The molecule has 0 unspecified atom stereocenters. The lowest BCUT2D eigenvalue weighted by Crippen LogP contribution is -2.29. The number of carbonyl (C=O) groups excluding carboxylic acids is 2. The maximum Gasteiger partial charge on any atom is 0.233 e. The highest BCUT2D eigenvalue weighted by molar-refractivity contribution is 6.03. The van der Waals surface area contributed by atoms with Gasteiger partial charge in [-0.05, 0) is 42.8 Å². The van der Waals surface area contributed by atoms with Crippen molar-refractivity contribution in [2.45, 2.75) is 12.8 Å². The van der Waals surface area contributed by atoms with Gasteiger partial charge in [0.15, 0.2) is 0 Å². The molecule has 0 aromatic heterocycles. The summed E-state index contributed by atoms with van der Waals surface area (Å²) in [5.41, 5.74) is 0.609. The molecule has 0 spiro atoms. The van der Waals surface area contributed by atoms with Crippen molar-refractivity contribution in [2.24, 2.45) is 0 Å². The lowest BCUT2D eigenvalue weighted by molar-refractivity contribution is -0.126. The summed E-state index contributed by atoms with van der Waals surface area (Å²) in [5, 5.41) is 5.36. The van der Waals surface area contributed by atoms with E-state index in [0.29, 0.717) is 31.0 Å². The topological polar surface area (TPSA) is 76.7 Å². The second-order valence-corrected chi connectivity index (χ2v) is 5.36. The van der Waals surface area contributed by atoms with Gasteiger partial charge in [0.1, 0.15) is 17.9 Å². The molecule has 2 rings (SSSR count). The third-order valence-electron chi connectivity index (χ3n) is 3.29. The molecular formula is C19H22N2O4. The van der Waals surface area contributed by atoms with Gasteiger partial charge in [-0.25, -0.2) is 0 Å². The number of ether oxygens (including phenoxy) is 2. The number of carbonyl (C=O) groups is 2. The number of hydrogen-bond donors (Lipinski definition) is 2. The number of nitrogens with one attached hydrogen (secondary N) is 2. The molecule has 132 valence electrons. The highest BCUT2D eigenvalue weighted by Crippen LogP contribution is 2.22. The minimum Gasteiger partial charge on any atom is -0.457 e. The molecule has 2 aromatic rings. The van der Waals surface area contributed by atoms with Gasteiger partial charge in [-0.1, -0.05) is 18.2 Å². The minimum absolute atomic E-state index is 0.213. The Morgan fingerprint density at radius 2 is 1.60 bits per heavy atom. The van der Waals surface area contributed by atoms with Gasteiger partial charge in [0.2, 0.25) is 11.8 Å². The minimum atomic E-state index is -0.360. The van der Waals surface area contributed by atoms with E-state index in [4.69, 9.17) is 9.47 Å². The molecule has 0 saturated heterocycles. The molecular weight excluding hydrogens is 320 g/mol. The highest BCUT2D eigenvalue weighted by Gasteiger charge is 2.09. The van der Waals surface area contributed by atoms with Crippen molar-refractivity contribution < 1.29 is 19.1 Å². The molecule has 2 aromatic carbocycles. The number of amides is 2. The van der Waals surface area contributed by atoms with E-state index in [9.17, 15) is 9.59 Å². The fourth-order valence-electron chi connectivity index (χ4n) is 2.09. The predicted molar refractivity (Wildman–Crippen MR) is 95.7 cm³/mol. The molecule has 0 aliphatic carbocycles. The van der Waals surface area contributed by atoms with Crippen molar-refractivity contribution >= 4 is 17.5 Å². The van der Waals surface area contributed by atoms with Gasteiger partial charge in [-0.2, -0.15) is 0 Å². The fourth-order valence-corrected chi connectivity index (χ4v) is 2.09. The summed E-state index contributed by atoms with van der Waals surface area (Å²) in [5.74, 6) is 0.739. The normalized spacial score (nSPS) is 10.1. The van der Waals surface area contributed by atoms with Crippen molar-refractivity contribution in [1.29, 1.82) is 0 Å². The van der Waals surface area contributed by atoms with E-state index < -0.39 is 0 Å². The Hall–Kier alpha value is -2.86. The molecule has 0 aliphatic heterocycles. The maximum atomic E-state index is 11.9. The van der Waals surface area contributed by atoms with E-state index in [-0.39, 0.29) is 18.2 Å². The zero-order chi connectivity index (χ0) is 17.9. The summed E-state index contributed by atoms with van der Waals surface area (Å²) in [6.07, 6.45) is 0.502. The lowest BCUT2D eigenvalue weighted by Gasteiger charge is -2.08. The largest absolute Gasteiger partial charge is 0.457 e. The number of rotatable bonds is 9. The van der Waals surface area contributed by atoms with E-state index >= 15 is 0 Å². The molecule has 0 fully saturated rings. The zero-order valence-electron chi connectivity index (χ0n) is 14.2. The van der Waals surface area contributed by atoms with Gasteiger partial charge in [-0.3, -0.25) is 9.59 Å². The van der Waals surface area contributed by atoms with Crippen LogP contribution < -0.4 is 15.4 Å². The quantitative estimate of drug-likeness (QED) is 0.543. The average Bonchev–Trinajstić information content (AvgIpc) is 2.61. The van der Waals surface area contributed by atoms with Crippen LogP contribution in [0, 0.1) is 0 Å². The molecule has 2 N–H and O–H groups in total. The van der Waals surface area contributed by atoms with Crippen LogP contribution in [0.15, 0.2) is 54.6 Å². The van der Waals surface area contributed by atoms with E-state index in [2.05, 4.69) is 10.6 Å². The monoisotopic (exact) mass is 342 g/mol. The standard InChI is InChI=1S/C19H22N2O4/c1-24-13-5-12-20-18(22)14-19(23)21-15-8-10-17(11-9-15)25-16-6-3-2-4-7-16/h2-4,6-11H,5,12-14H2,1H3,(H,20,22)(H,21,23). The van der Waals surface area contributed by atoms with Crippen LogP contribution in [0.2, 0.25) is 0 Å². The van der Waals surface area contributed by atoms with Gasteiger partial charge in [-0.15, -0.1) is 0 Å². The Kier molecular flexibility index (Phi) is 7.46. The van der Waals surface area contributed by atoms with Crippen molar-refractivity contribution in [3.8, 4) is 11.5 Å². The average molecular weight is 342 g/mol. The molecule has 0 radical (unpaired) electrons. The Labute approximate surface area is 147 Å². The van der Waals surface area contributed by atoms with E-state index in [1.807, 2.05) is 30.3 Å². The molecule has 2 amide bonds. The first kappa shape index (κ1) is 18.5. The predicted octanol–water partition coefficient (Wildman–Crippen LogP) is 2.96. The summed E-state index contributed by atoms with van der Waals surface area (Å²) in [4.78, 5) is 23.5. The van der Waals surface area contributed by atoms with E-state index in [0.717, 1.165) is 5.75 Å². The number of methoxy groups -OCH3 is 1. The first-order valence-electron chi connectivity index (χ1n) is 8.06. The van der Waals surface area contributed by atoms with Gasteiger partial charge in [0.05, 0.1) is 0 Å². The second-order valence-electron chi connectivity index (χ2n) is 5.36. The number of para-hydroxylation sites is 1. The van der Waals surface area contributed by atoms with Crippen molar-refractivity contribution in [2.75, 3.05) is 25.6 Å². The van der Waals surface area contributed by atoms with Crippen LogP contribution in [0.4, 0.5) is 5.69 Å². The zero-order valence-corrected chi connectivity index (χ0v) is 14.2. The molecule has 25 heavy (non-hydrogen) atoms. The lowest BCUT2D eigenvalue weighted by atomic mass is 10.2. The van der Waals surface area contributed by atoms with E-state index in [1.54, 1.807) is 31.4 Å². The summed E-state index contributed by atoms with van der Waals surface area (Å²) < 4.78 is 10.6. The molecule has 0 aliphatic rings. The molecule has 6 heteroatoms. The first-order chi connectivity index (χ1) is 12.2. The third-order valence-corrected chi connectivity index (χ3v) is 3.29. The van der Waals surface area contributed by atoms with Gasteiger partial charge in [0, 0.05) is 25.9 Å². The van der Waals surface area contributed by atoms with Crippen LogP contribution in [-0.2, 0) is 14.3 Å². The molecule has 0 heterocycles. The smallest absolute Gasteiger partial charge is 0.233 e. The first-order valence-corrected chi connectivity index (χ1v) is 8.06. The molecule has 0 saturated carbocycles. The van der Waals surface area contributed by atoms with Gasteiger partial charge in [0.25, 0.3) is 0 Å². The molecule has 0 atom stereocenters. The number of anilines is 1. The van der Waals surface area contributed by atoms with Crippen molar-refractivity contribution in [3.63, 3.8) is 0 Å². The molecule has 6 nitrogen and oxygen atoms in total. The van der Waals surface area contributed by atoms with Crippen LogP contribution >= 0.6 is 0 Å². The van der Waals surface area contributed by atoms with Crippen LogP contribution in [-0.4, -0.2) is 32.1 Å². The van der Waals surface area contributed by atoms with Crippen molar-refractivity contribution in [3.05, 3.63) is 54.6 Å². The van der Waals surface area contributed by atoms with E-state index in [1.165, 1.54) is 0 Å². The van der Waals surface area contributed by atoms with Gasteiger partial charge < -0.3 is 20.1 Å². The van der Waals surface area contributed by atoms with Crippen LogP contribution in [0.25, 0.3) is 0 Å². The summed E-state index contributed by atoms with van der Waals surface area (Å²) in [6.45, 7) is 1.06. The third kappa shape index (κ3) is 7.05. The summed E-state index contributed by atoms with van der Waals surface area (Å²) in [7, 11) is 1.60. The summed E-state index contributed by atoms with van der Waals surface area (Å²) in [6, 6.07) is 16.4. The van der Waals surface area contributed by atoms with Crippen LogP contribution in [0.3, 0.4) is 0 Å². The maximum absolute atomic E-state index is 11.9. The SMILES string of the molecule is COCCCNC(=O)CC(=O)Nc1ccc(Oc2ccccc2)cc1. The Morgan fingerprint density at radius 1 is 0.920 bits per heavy atom. The van der Waals surface area contributed by atoms with Crippen molar-refractivity contribution in [1.82, 2.24) is 5.32 Å². The number of hydrogen-bond acceptors (Lipinski definition) is 4. The van der Waals surface area contributed by atoms with Crippen LogP contribution in [0.5, 0.6) is 11.5 Å².